The smallest absolute Gasteiger partial charge is 0.317 e. The first-order chi connectivity index (χ1) is 12.7. The Morgan fingerprint density at radius 2 is 1.85 bits per heavy atom. The Bertz CT molecular complexity index is 678. The van der Waals surface area contributed by atoms with Gasteiger partial charge in [-0.25, -0.2) is 4.79 Å². The average molecular weight is 353 g/mol. The lowest BCUT2D eigenvalue weighted by atomic mass is 10.1. The maximum atomic E-state index is 12.4. The number of amides is 2. The minimum Gasteiger partial charge on any atom is -0.375 e. The number of nitrogens with zero attached hydrogens (tertiary/aromatic N) is 2. The van der Waals surface area contributed by atoms with Crippen LogP contribution in [-0.2, 0) is 4.74 Å². The number of ether oxygens (including phenoxy) is 1. The summed E-state index contributed by atoms with van der Waals surface area (Å²) < 4.78 is 5.82. The van der Waals surface area contributed by atoms with Gasteiger partial charge in [0, 0.05) is 32.4 Å². The van der Waals surface area contributed by atoms with Crippen molar-refractivity contribution in [3.05, 3.63) is 66.2 Å². The van der Waals surface area contributed by atoms with Crippen LogP contribution < -0.4 is 10.2 Å². The lowest BCUT2D eigenvalue weighted by Crippen LogP contribution is -2.47. The van der Waals surface area contributed by atoms with Crippen molar-refractivity contribution in [3.63, 3.8) is 0 Å². The van der Waals surface area contributed by atoms with E-state index in [9.17, 15) is 4.79 Å². The molecule has 1 heterocycles. The largest absolute Gasteiger partial charge is 0.375 e. The number of benzene rings is 2. The molecule has 1 atom stereocenters. The predicted octanol–water partition coefficient (Wildman–Crippen LogP) is 3.30. The summed E-state index contributed by atoms with van der Waals surface area (Å²) in [7, 11) is 2.07. The number of rotatable bonds is 6. The van der Waals surface area contributed by atoms with E-state index in [2.05, 4.69) is 29.4 Å². The molecule has 1 N–H and O–H groups in total. The van der Waals surface area contributed by atoms with E-state index < -0.39 is 0 Å². The highest BCUT2D eigenvalue weighted by Crippen LogP contribution is 2.21. The molecular formula is C21H27N3O2. The van der Waals surface area contributed by atoms with Gasteiger partial charge in [-0.05, 0) is 24.1 Å². The summed E-state index contributed by atoms with van der Waals surface area (Å²) in [6, 6.07) is 20.4. The Hall–Kier alpha value is -2.53. The molecule has 1 saturated heterocycles. The fourth-order valence-electron chi connectivity index (χ4n) is 3.14. The van der Waals surface area contributed by atoms with Crippen LogP contribution in [0, 0.1) is 0 Å². The molecule has 1 fully saturated rings. The lowest BCUT2D eigenvalue weighted by Gasteiger charge is -2.33. The van der Waals surface area contributed by atoms with Gasteiger partial charge in [0.25, 0.3) is 0 Å². The van der Waals surface area contributed by atoms with Crippen LogP contribution in [0.4, 0.5) is 10.5 Å². The molecule has 0 bridgehead atoms. The van der Waals surface area contributed by atoms with E-state index in [0.29, 0.717) is 26.2 Å². The summed E-state index contributed by atoms with van der Waals surface area (Å²) in [5, 5.41) is 3.04. The normalized spacial score (nSPS) is 17.0. The first kappa shape index (κ1) is 18.3. The lowest BCUT2D eigenvalue weighted by molar-refractivity contribution is -0.0154. The third kappa shape index (κ3) is 4.99. The maximum absolute atomic E-state index is 12.4. The highest BCUT2D eigenvalue weighted by molar-refractivity contribution is 5.74. The molecule has 1 aliphatic rings. The molecular weight excluding hydrogens is 326 g/mol. The molecule has 3 rings (SSSR count). The fourth-order valence-corrected chi connectivity index (χ4v) is 3.14. The zero-order valence-electron chi connectivity index (χ0n) is 15.3. The number of para-hydroxylation sites is 1. The fraction of sp³-hybridized carbons (Fsp3) is 0.381. The zero-order chi connectivity index (χ0) is 18.2. The van der Waals surface area contributed by atoms with Crippen LogP contribution >= 0.6 is 0 Å². The second-order valence-electron chi connectivity index (χ2n) is 6.56. The van der Waals surface area contributed by atoms with Gasteiger partial charge >= 0.3 is 6.03 Å². The van der Waals surface area contributed by atoms with Crippen LogP contribution in [-0.4, -0.2) is 50.8 Å². The summed E-state index contributed by atoms with van der Waals surface area (Å²) in [6.45, 7) is 3.38. The van der Waals surface area contributed by atoms with Gasteiger partial charge in [0.15, 0.2) is 0 Å². The molecule has 5 heteroatoms. The highest BCUT2D eigenvalue weighted by Gasteiger charge is 2.24. The van der Waals surface area contributed by atoms with Gasteiger partial charge in [-0.2, -0.15) is 0 Å². The minimum absolute atomic E-state index is 0.00315. The molecule has 2 aromatic rings. The van der Waals surface area contributed by atoms with Crippen molar-refractivity contribution in [2.75, 3.05) is 44.7 Å². The van der Waals surface area contributed by atoms with Gasteiger partial charge in [-0.15, -0.1) is 0 Å². The van der Waals surface area contributed by atoms with Crippen molar-refractivity contribution in [1.82, 2.24) is 10.2 Å². The average Bonchev–Trinajstić information content (AvgIpc) is 2.72. The van der Waals surface area contributed by atoms with Crippen LogP contribution in [0.1, 0.15) is 18.1 Å². The van der Waals surface area contributed by atoms with Crippen LogP contribution in [0.15, 0.2) is 60.7 Å². The monoisotopic (exact) mass is 353 g/mol. The second-order valence-corrected chi connectivity index (χ2v) is 6.56. The molecule has 0 radical (unpaired) electrons. The van der Waals surface area contributed by atoms with E-state index in [1.54, 1.807) is 0 Å². The zero-order valence-corrected chi connectivity index (χ0v) is 15.3. The SMILES string of the molecule is CN(CCCNC(=O)N1CCOC(c2ccccc2)C1)c1ccccc1. The van der Waals surface area contributed by atoms with E-state index in [-0.39, 0.29) is 12.1 Å². The van der Waals surface area contributed by atoms with Crippen LogP contribution in [0.3, 0.4) is 0 Å². The van der Waals surface area contributed by atoms with E-state index in [1.807, 2.05) is 53.4 Å². The molecule has 26 heavy (non-hydrogen) atoms. The number of hydrogen-bond donors (Lipinski definition) is 1. The van der Waals surface area contributed by atoms with Crippen molar-refractivity contribution < 1.29 is 9.53 Å². The van der Waals surface area contributed by atoms with Gasteiger partial charge in [0.05, 0.1) is 13.2 Å². The third-order valence-electron chi connectivity index (χ3n) is 4.67. The van der Waals surface area contributed by atoms with E-state index in [4.69, 9.17) is 4.74 Å². The molecule has 0 aliphatic carbocycles. The van der Waals surface area contributed by atoms with Crippen molar-refractivity contribution in [2.24, 2.45) is 0 Å². The number of anilines is 1. The molecule has 0 spiro atoms. The number of carbonyl (C=O) groups excluding carboxylic acids is 1. The van der Waals surface area contributed by atoms with Crippen LogP contribution in [0.5, 0.6) is 0 Å². The molecule has 5 nitrogen and oxygen atoms in total. The second kappa shape index (κ2) is 9.25. The highest BCUT2D eigenvalue weighted by atomic mass is 16.5. The van der Waals surface area contributed by atoms with Crippen molar-refractivity contribution in [2.45, 2.75) is 12.5 Å². The molecule has 0 aromatic heterocycles. The third-order valence-corrected chi connectivity index (χ3v) is 4.67. The number of morpholine rings is 1. The summed E-state index contributed by atoms with van der Waals surface area (Å²) in [4.78, 5) is 16.5. The Balaban J connectivity index is 1.40. The summed E-state index contributed by atoms with van der Waals surface area (Å²) in [5.41, 5.74) is 2.31. The van der Waals surface area contributed by atoms with Crippen molar-refractivity contribution in [3.8, 4) is 0 Å². The quantitative estimate of drug-likeness (QED) is 0.811. The first-order valence-corrected chi connectivity index (χ1v) is 9.19. The first-order valence-electron chi connectivity index (χ1n) is 9.19. The summed E-state index contributed by atoms with van der Waals surface area (Å²) in [5.74, 6) is 0. The van der Waals surface area contributed by atoms with Gasteiger partial charge in [0.2, 0.25) is 0 Å². The van der Waals surface area contributed by atoms with Gasteiger partial charge in [0.1, 0.15) is 6.10 Å². The van der Waals surface area contributed by atoms with Crippen LogP contribution in [0.25, 0.3) is 0 Å². The Kier molecular flexibility index (Phi) is 6.50. The van der Waals surface area contributed by atoms with Gasteiger partial charge < -0.3 is 19.9 Å². The number of urea groups is 1. The number of carbonyl (C=O) groups is 1. The standard InChI is InChI=1S/C21H27N3O2/c1-23(19-11-6-3-7-12-19)14-8-13-22-21(25)24-15-16-26-20(17-24)18-9-4-2-5-10-18/h2-7,9-12,20H,8,13-17H2,1H3,(H,22,25). The van der Waals surface area contributed by atoms with E-state index >= 15 is 0 Å². The number of nitrogens with one attached hydrogen (secondary N) is 1. The van der Waals surface area contributed by atoms with Crippen molar-refractivity contribution >= 4 is 11.7 Å². The predicted molar refractivity (Wildman–Crippen MR) is 104 cm³/mol. The topological polar surface area (TPSA) is 44.8 Å². The summed E-state index contributed by atoms with van der Waals surface area (Å²) in [6.07, 6.45) is 0.865. The van der Waals surface area contributed by atoms with Crippen molar-refractivity contribution in [1.29, 1.82) is 0 Å². The molecule has 2 amide bonds. The van der Waals surface area contributed by atoms with Crippen LogP contribution in [0.2, 0.25) is 0 Å². The Labute approximate surface area is 155 Å². The minimum atomic E-state index is -0.0417. The maximum Gasteiger partial charge on any atom is 0.317 e. The summed E-state index contributed by atoms with van der Waals surface area (Å²) >= 11 is 0. The van der Waals surface area contributed by atoms with Gasteiger partial charge in [-0.1, -0.05) is 48.5 Å². The Morgan fingerprint density at radius 1 is 1.15 bits per heavy atom. The Morgan fingerprint density at radius 3 is 2.58 bits per heavy atom. The molecule has 1 unspecified atom stereocenters. The molecule has 2 aromatic carbocycles. The van der Waals surface area contributed by atoms with E-state index in [0.717, 1.165) is 18.5 Å². The molecule has 138 valence electrons. The molecule has 0 saturated carbocycles. The number of hydrogen-bond acceptors (Lipinski definition) is 3. The molecule has 1 aliphatic heterocycles. The van der Waals surface area contributed by atoms with Gasteiger partial charge in [-0.3, -0.25) is 0 Å². The van der Waals surface area contributed by atoms with E-state index in [1.165, 1.54) is 5.69 Å².